The van der Waals surface area contributed by atoms with Crippen LogP contribution in [0.2, 0.25) is 0 Å². The Morgan fingerprint density at radius 1 is 1.14 bits per heavy atom. The van der Waals surface area contributed by atoms with Crippen LogP contribution in [0.4, 0.5) is 11.4 Å². The molecule has 10 heteroatoms. The molecule has 190 valence electrons. The van der Waals surface area contributed by atoms with Crippen molar-refractivity contribution >= 4 is 40.6 Å². The molecule has 1 unspecified atom stereocenters. The smallest absolute Gasteiger partial charge is 0.273 e. The zero-order chi connectivity index (χ0) is 26.4. The van der Waals surface area contributed by atoms with E-state index in [4.69, 9.17) is 16.2 Å². The first-order chi connectivity index (χ1) is 17.1. The molecule has 1 atom stereocenters. The first-order valence-electron chi connectivity index (χ1n) is 11.5. The summed E-state index contributed by atoms with van der Waals surface area (Å²) >= 11 is 0.773. The van der Waals surface area contributed by atoms with E-state index in [1.165, 1.54) is 4.90 Å². The number of aromatic nitrogens is 1. The fraction of sp³-hybridized carbons (Fsp3) is 0.308. The topological polar surface area (TPSA) is 141 Å². The average Bonchev–Trinajstić information content (AvgIpc) is 3.23. The molecule has 0 saturated heterocycles. The molecule has 5 N–H and O–H groups in total. The van der Waals surface area contributed by atoms with Crippen LogP contribution in [0, 0.1) is 12.8 Å². The quantitative estimate of drug-likeness (QED) is 0.381. The van der Waals surface area contributed by atoms with Crippen LogP contribution >= 0.6 is 11.5 Å². The second-order valence-electron chi connectivity index (χ2n) is 8.80. The minimum Gasteiger partial charge on any atom is -0.497 e. The van der Waals surface area contributed by atoms with Gasteiger partial charge in [-0.1, -0.05) is 38.1 Å². The Labute approximate surface area is 214 Å². The van der Waals surface area contributed by atoms with Crippen molar-refractivity contribution in [3.05, 3.63) is 70.2 Å². The van der Waals surface area contributed by atoms with Gasteiger partial charge in [0.2, 0.25) is 5.91 Å². The lowest BCUT2D eigenvalue weighted by atomic mass is 10.0. The summed E-state index contributed by atoms with van der Waals surface area (Å²) in [5.41, 5.74) is 13.2. The van der Waals surface area contributed by atoms with Gasteiger partial charge in [0.25, 0.3) is 11.8 Å². The highest BCUT2D eigenvalue weighted by Gasteiger charge is 2.36. The molecule has 0 aliphatic rings. The number of anilines is 2. The molecular formula is C26H31N5O4S. The fourth-order valence-corrected chi connectivity index (χ4v) is 4.43. The molecule has 3 rings (SSSR count). The van der Waals surface area contributed by atoms with E-state index in [2.05, 4.69) is 23.5 Å². The van der Waals surface area contributed by atoms with E-state index in [1.807, 2.05) is 19.1 Å². The van der Waals surface area contributed by atoms with Crippen molar-refractivity contribution in [1.29, 1.82) is 0 Å². The second kappa shape index (κ2) is 11.7. The van der Waals surface area contributed by atoms with E-state index < -0.39 is 17.9 Å². The molecule has 0 spiro atoms. The molecule has 36 heavy (non-hydrogen) atoms. The van der Waals surface area contributed by atoms with E-state index in [0.29, 0.717) is 29.5 Å². The van der Waals surface area contributed by atoms with Gasteiger partial charge in [-0.05, 0) is 66.2 Å². The van der Waals surface area contributed by atoms with Crippen LogP contribution in [0.1, 0.15) is 57.6 Å². The molecule has 3 amide bonds. The summed E-state index contributed by atoms with van der Waals surface area (Å²) in [4.78, 5) is 40.8. The van der Waals surface area contributed by atoms with E-state index in [-0.39, 0.29) is 22.2 Å². The number of nitrogens with zero attached hydrogens (tertiary/aromatic N) is 2. The van der Waals surface area contributed by atoms with Gasteiger partial charge in [-0.3, -0.25) is 19.3 Å². The Bertz CT molecular complexity index is 1240. The van der Waals surface area contributed by atoms with Crippen molar-refractivity contribution in [1.82, 2.24) is 9.69 Å². The lowest BCUT2D eigenvalue weighted by Gasteiger charge is -2.31. The lowest BCUT2D eigenvalue weighted by Crippen LogP contribution is -2.44. The third kappa shape index (κ3) is 6.01. The number of benzene rings is 2. The number of nitrogens with one attached hydrogen (secondary N) is 1. The molecular weight excluding hydrogens is 478 g/mol. The molecule has 1 aromatic heterocycles. The summed E-state index contributed by atoms with van der Waals surface area (Å²) in [6, 6.07) is 13.2. The maximum absolute atomic E-state index is 14.0. The number of nitrogens with two attached hydrogens (primary N) is 2. The first kappa shape index (κ1) is 26.7. The molecule has 0 fully saturated rings. The highest BCUT2D eigenvalue weighted by atomic mass is 32.1. The number of carbonyl (C=O) groups excluding carboxylic acids is 3. The summed E-state index contributed by atoms with van der Waals surface area (Å²) in [5, 5.41) is 2.97. The molecule has 1 heterocycles. The predicted octanol–water partition coefficient (Wildman–Crippen LogP) is 3.69. The van der Waals surface area contributed by atoms with Gasteiger partial charge >= 0.3 is 0 Å². The second-order valence-corrected chi connectivity index (χ2v) is 9.58. The Balaban J connectivity index is 2.16. The van der Waals surface area contributed by atoms with Crippen LogP contribution in [0.3, 0.4) is 0 Å². The highest BCUT2D eigenvalue weighted by molar-refractivity contribution is 7.09. The van der Waals surface area contributed by atoms with Crippen molar-refractivity contribution in [3.63, 3.8) is 0 Å². The van der Waals surface area contributed by atoms with E-state index in [9.17, 15) is 14.4 Å². The number of methoxy groups -OCH3 is 1. The molecule has 9 nitrogen and oxygen atoms in total. The summed E-state index contributed by atoms with van der Waals surface area (Å²) in [5.74, 6) is -0.743. The number of primary amides is 1. The van der Waals surface area contributed by atoms with Crippen LogP contribution in [0.5, 0.6) is 5.75 Å². The van der Waals surface area contributed by atoms with Crippen LogP contribution < -0.4 is 26.4 Å². The van der Waals surface area contributed by atoms with Crippen LogP contribution in [-0.4, -0.2) is 35.7 Å². The zero-order valence-corrected chi connectivity index (χ0v) is 21.6. The zero-order valence-electron chi connectivity index (χ0n) is 20.8. The summed E-state index contributed by atoms with van der Waals surface area (Å²) < 4.78 is 9.25. The first-order valence-corrected chi connectivity index (χ1v) is 12.3. The lowest BCUT2D eigenvalue weighted by molar-refractivity contribution is -0.122. The van der Waals surface area contributed by atoms with Gasteiger partial charge in [0.15, 0.2) is 5.69 Å². The molecule has 3 aromatic rings. The third-order valence-electron chi connectivity index (χ3n) is 5.61. The van der Waals surface area contributed by atoms with E-state index >= 15 is 0 Å². The SMILES string of the molecule is COc1ccc(C(C(=O)NCCC(C)C)N(C(=O)c2snc(C(N)=O)c2N)c2cccc(C)c2)cc1. The molecule has 0 aliphatic heterocycles. The third-order valence-corrected chi connectivity index (χ3v) is 6.46. The number of hydrogen-bond acceptors (Lipinski definition) is 7. The normalized spacial score (nSPS) is 11.7. The number of carbonyl (C=O) groups is 3. The van der Waals surface area contributed by atoms with Crippen LogP contribution in [0.25, 0.3) is 0 Å². The number of hydrogen-bond donors (Lipinski definition) is 3. The molecule has 0 saturated carbocycles. The predicted molar refractivity (Wildman–Crippen MR) is 141 cm³/mol. The minimum absolute atomic E-state index is 0.0267. The highest BCUT2D eigenvalue weighted by Crippen LogP contribution is 2.34. The van der Waals surface area contributed by atoms with Crippen molar-refractivity contribution in [2.45, 2.75) is 33.2 Å². The fourth-order valence-electron chi connectivity index (χ4n) is 3.68. The Kier molecular flexibility index (Phi) is 8.65. The molecule has 0 radical (unpaired) electrons. The summed E-state index contributed by atoms with van der Waals surface area (Å²) in [6.45, 7) is 6.48. The van der Waals surface area contributed by atoms with Gasteiger partial charge in [-0.15, -0.1) is 0 Å². The standard InChI is InChI=1S/C26H31N5O4S/c1-15(2)12-13-29-25(33)22(17-8-10-19(35-4)11-9-17)31(18-7-5-6-16(3)14-18)26(34)23-20(27)21(24(28)32)30-36-23/h5-11,14-15,22H,12-13,27H2,1-4H3,(H2,28,32)(H,29,33). The summed E-state index contributed by atoms with van der Waals surface area (Å²) in [6.07, 6.45) is 0.781. The number of nitrogen functional groups attached to an aromatic ring is 1. The van der Waals surface area contributed by atoms with Gasteiger partial charge in [-0.25, -0.2) is 0 Å². The Hall–Kier alpha value is -3.92. The maximum atomic E-state index is 14.0. The number of ether oxygens (including phenoxy) is 1. The number of amides is 3. The van der Waals surface area contributed by atoms with Crippen molar-refractivity contribution in [2.24, 2.45) is 11.7 Å². The van der Waals surface area contributed by atoms with Crippen molar-refractivity contribution in [2.75, 3.05) is 24.3 Å². The van der Waals surface area contributed by atoms with Crippen LogP contribution in [-0.2, 0) is 4.79 Å². The van der Waals surface area contributed by atoms with E-state index in [0.717, 1.165) is 23.5 Å². The Morgan fingerprint density at radius 3 is 2.39 bits per heavy atom. The van der Waals surface area contributed by atoms with Gasteiger partial charge in [0, 0.05) is 12.2 Å². The van der Waals surface area contributed by atoms with Crippen molar-refractivity contribution in [3.8, 4) is 5.75 Å². The number of rotatable bonds is 10. The molecule has 0 bridgehead atoms. The summed E-state index contributed by atoms with van der Waals surface area (Å²) in [7, 11) is 1.55. The Morgan fingerprint density at radius 2 is 1.83 bits per heavy atom. The minimum atomic E-state index is -1.03. The van der Waals surface area contributed by atoms with Crippen LogP contribution in [0.15, 0.2) is 48.5 Å². The van der Waals surface area contributed by atoms with Gasteiger partial charge in [0.05, 0.1) is 12.8 Å². The maximum Gasteiger partial charge on any atom is 0.273 e. The van der Waals surface area contributed by atoms with E-state index in [1.54, 1.807) is 43.5 Å². The van der Waals surface area contributed by atoms with Gasteiger partial charge in [0.1, 0.15) is 16.7 Å². The largest absolute Gasteiger partial charge is 0.497 e. The number of aryl methyl sites for hydroxylation is 1. The average molecular weight is 510 g/mol. The molecule has 2 aromatic carbocycles. The van der Waals surface area contributed by atoms with Crippen molar-refractivity contribution < 1.29 is 19.1 Å². The molecule has 0 aliphatic carbocycles. The van der Waals surface area contributed by atoms with Gasteiger partial charge in [-0.2, -0.15) is 4.37 Å². The monoisotopic (exact) mass is 509 g/mol. The van der Waals surface area contributed by atoms with Gasteiger partial charge < -0.3 is 21.5 Å².